The lowest BCUT2D eigenvalue weighted by atomic mass is 9.83. The number of aliphatic imine (C=N–C) groups is 1. The first kappa shape index (κ1) is 30.8. The monoisotopic (exact) mass is 572 g/mol. The van der Waals surface area contributed by atoms with Crippen LogP contribution in [0.4, 0.5) is 5.69 Å². The largest absolute Gasteiger partial charge is 0.388 e. The number of amidine groups is 1. The second-order valence-corrected chi connectivity index (χ2v) is 14.3. The van der Waals surface area contributed by atoms with E-state index >= 15 is 0 Å². The van der Waals surface area contributed by atoms with Crippen LogP contribution >= 0.6 is 10.7 Å². The number of primary amides is 1. The number of carbonyl (C=O) groups excluding carboxylic acids is 1. The van der Waals surface area contributed by atoms with E-state index in [1.807, 2.05) is 7.05 Å². The van der Waals surface area contributed by atoms with Crippen molar-refractivity contribution in [1.29, 1.82) is 0 Å². The number of rotatable bonds is 14. The molecule has 2 fully saturated rings. The van der Waals surface area contributed by atoms with Crippen LogP contribution in [0.25, 0.3) is 6.08 Å². The van der Waals surface area contributed by atoms with E-state index in [4.69, 9.17) is 15.5 Å². The van der Waals surface area contributed by atoms with Crippen molar-refractivity contribution in [3.8, 4) is 0 Å². The van der Waals surface area contributed by atoms with Crippen molar-refractivity contribution in [1.82, 2.24) is 5.48 Å². The maximum Gasteiger partial charge on any atom is 0.245 e. The number of hydrogen-bond donors (Lipinski definition) is 4. The first-order valence-electron chi connectivity index (χ1n) is 14.9. The summed E-state index contributed by atoms with van der Waals surface area (Å²) in [7, 11) is 1.98. The zero-order valence-corrected chi connectivity index (χ0v) is 25.7. The van der Waals surface area contributed by atoms with Crippen molar-refractivity contribution in [2.75, 3.05) is 38.7 Å². The number of piperidine rings is 1. The van der Waals surface area contributed by atoms with Gasteiger partial charge in [0.25, 0.3) is 0 Å². The minimum absolute atomic E-state index is 0.0363. The molecule has 1 atom stereocenters. The number of amides is 1. The molecule has 9 heteroatoms. The van der Waals surface area contributed by atoms with Crippen molar-refractivity contribution in [3.05, 3.63) is 34.2 Å². The highest BCUT2D eigenvalue weighted by Gasteiger charge is 2.53. The van der Waals surface area contributed by atoms with Gasteiger partial charge in [-0.15, -0.1) is 0 Å². The molecule has 3 aliphatic rings. The lowest BCUT2D eigenvalue weighted by Gasteiger charge is -2.38. The summed E-state index contributed by atoms with van der Waals surface area (Å²) in [5.41, 5.74) is 15.0. The van der Waals surface area contributed by atoms with E-state index in [2.05, 4.69) is 60.7 Å². The summed E-state index contributed by atoms with van der Waals surface area (Å²) in [4.78, 5) is 17.4. The summed E-state index contributed by atoms with van der Waals surface area (Å²) >= 11 is 0. The molecule has 4 rings (SSSR count). The van der Waals surface area contributed by atoms with Gasteiger partial charge in [-0.2, -0.15) is 0 Å². The zero-order valence-electron chi connectivity index (χ0n) is 24.9. The fraction of sp³-hybridized carbons (Fsp3) is 0.645. The molecule has 0 saturated carbocycles. The molecule has 0 aromatic heterocycles. The fourth-order valence-corrected chi connectivity index (χ4v) is 8.02. The summed E-state index contributed by atoms with van der Waals surface area (Å²) in [6.07, 6.45) is 12.3. The average molecular weight is 573 g/mol. The highest BCUT2D eigenvalue weighted by molar-refractivity contribution is 8.18. The number of hydroxylamine groups is 1. The Morgan fingerprint density at radius 1 is 1.12 bits per heavy atom. The van der Waals surface area contributed by atoms with Crippen molar-refractivity contribution >= 4 is 39.7 Å². The number of benzene rings is 1. The van der Waals surface area contributed by atoms with E-state index in [9.17, 15) is 10.0 Å². The molecule has 0 radical (unpaired) electrons. The Labute approximate surface area is 243 Å². The van der Waals surface area contributed by atoms with Gasteiger partial charge in [0.05, 0.1) is 37.0 Å². The minimum Gasteiger partial charge on any atom is -0.388 e. The molecule has 3 aliphatic heterocycles. The Hall–Kier alpha value is -2.20. The van der Waals surface area contributed by atoms with Crippen LogP contribution in [0.5, 0.6) is 0 Å². The predicted molar refractivity (Wildman–Crippen MR) is 168 cm³/mol. The van der Waals surface area contributed by atoms with Gasteiger partial charge in [0.15, 0.2) is 11.0 Å². The van der Waals surface area contributed by atoms with Crippen LogP contribution in [0.15, 0.2) is 22.5 Å². The number of hydrogen-bond acceptors (Lipinski definition) is 5. The number of nitrogens with zero attached hydrogens (tertiary/aromatic N) is 2. The minimum atomic E-state index is -0.943. The Bertz CT molecular complexity index is 1130. The number of quaternary nitrogens is 1. The van der Waals surface area contributed by atoms with Crippen molar-refractivity contribution in [2.24, 2.45) is 16.1 Å². The summed E-state index contributed by atoms with van der Waals surface area (Å²) < 4.78 is 6.24. The Kier molecular flexibility index (Phi) is 10.1. The Morgan fingerprint density at radius 3 is 2.30 bits per heavy atom. The van der Waals surface area contributed by atoms with Crippen molar-refractivity contribution in [3.63, 3.8) is 0 Å². The van der Waals surface area contributed by atoms with Gasteiger partial charge in [0.1, 0.15) is 5.84 Å². The molecule has 3 heterocycles. The van der Waals surface area contributed by atoms with Crippen LogP contribution in [0.2, 0.25) is 0 Å². The third kappa shape index (κ3) is 7.35. The van der Waals surface area contributed by atoms with Gasteiger partial charge in [0.2, 0.25) is 5.91 Å². The lowest BCUT2D eigenvalue weighted by Crippen LogP contribution is -2.53. The normalized spacial score (nSPS) is 27.3. The van der Waals surface area contributed by atoms with Gasteiger partial charge in [-0.05, 0) is 61.6 Å². The van der Waals surface area contributed by atoms with Crippen molar-refractivity contribution < 1.29 is 18.6 Å². The van der Waals surface area contributed by atoms with Crippen LogP contribution in [0, 0.1) is 19.3 Å². The molecule has 0 aliphatic carbocycles. The standard InChI is InChI=1S/C31H49N5O3S/c1-24-19-26(33-4)20-25(2)27(24)12-18-40-23-36(40)16-14-31(15-17-36,29(32)37)34-28(35-38)11-9-7-5-6-8-10-13-30(3)21-39-22-30/h12,18-20,23,33H,5-11,13-17,21-22H2,1-4H3,(H3-,32,34,35,37,38)/p+1/b18-12+. The van der Waals surface area contributed by atoms with Crippen LogP contribution in [-0.2, 0) is 9.53 Å². The van der Waals surface area contributed by atoms with Crippen LogP contribution < -0.4 is 16.5 Å². The molecule has 5 N–H and O–H groups in total. The predicted octanol–water partition coefficient (Wildman–Crippen LogP) is 5.64. The topological polar surface area (TPSA) is 109 Å². The number of aryl methyl sites for hydroxylation is 2. The Balaban J connectivity index is 1.24. The molecule has 8 nitrogen and oxygen atoms in total. The average Bonchev–Trinajstić information content (AvgIpc) is 3.60. The van der Waals surface area contributed by atoms with E-state index in [1.54, 1.807) is 0 Å². The quantitative estimate of drug-likeness (QED) is 0.0576. The molecule has 40 heavy (non-hydrogen) atoms. The number of nitrogens with two attached hydrogens (primary N) is 1. The molecule has 1 spiro atoms. The van der Waals surface area contributed by atoms with Crippen LogP contribution in [-0.4, -0.2) is 65.2 Å². The Morgan fingerprint density at radius 2 is 1.75 bits per heavy atom. The molecular weight excluding hydrogens is 522 g/mol. The molecular formula is C31H50N5O3S+. The van der Waals surface area contributed by atoms with Gasteiger partial charge in [-0.3, -0.25) is 20.5 Å². The van der Waals surface area contributed by atoms with Gasteiger partial charge < -0.3 is 15.8 Å². The fourth-order valence-electron chi connectivity index (χ4n) is 6.11. The highest BCUT2D eigenvalue weighted by atomic mass is 32.2. The van der Waals surface area contributed by atoms with Gasteiger partial charge in [-0.1, -0.05) is 39.0 Å². The second kappa shape index (κ2) is 13.2. The SMILES string of the molecule is CNc1cc(C)c(/C=C/S2=C[N+]23CCC(N=C(CCCCCCCCC2(C)COC2)NO)(C(N)=O)CC3)c(C)c1. The third-order valence-corrected chi connectivity index (χ3v) is 11.1. The first-order chi connectivity index (χ1) is 19.1. The summed E-state index contributed by atoms with van der Waals surface area (Å²) in [6.45, 7) is 10.1. The molecule has 222 valence electrons. The van der Waals surface area contributed by atoms with E-state index < -0.39 is 11.4 Å². The molecule has 1 amide bonds. The van der Waals surface area contributed by atoms with Gasteiger partial charge in [0, 0.05) is 42.8 Å². The molecule has 1 unspecified atom stereocenters. The van der Waals surface area contributed by atoms with E-state index in [-0.39, 0.29) is 10.7 Å². The maximum atomic E-state index is 12.6. The lowest BCUT2D eigenvalue weighted by molar-refractivity contribution is -0.673. The summed E-state index contributed by atoms with van der Waals surface area (Å²) in [5.74, 6) is 0.0894. The number of unbranched alkanes of at least 4 members (excludes halogenated alkanes) is 5. The van der Waals surface area contributed by atoms with E-state index in [1.165, 1.54) is 48.8 Å². The first-order valence-corrected chi connectivity index (χ1v) is 16.2. The smallest absolute Gasteiger partial charge is 0.245 e. The molecule has 0 bridgehead atoms. The third-order valence-electron chi connectivity index (χ3n) is 9.02. The number of nitrogens with one attached hydrogen (secondary N) is 2. The van der Waals surface area contributed by atoms with E-state index in [0.29, 0.717) is 30.5 Å². The summed E-state index contributed by atoms with van der Waals surface area (Å²) in [6, 6.07) is 4.36. The molecule has 1 aromatic carbocycles. The van der Waals surface area contributed by atoms with Gasteiger partial charge >= 0.3 is 0 Å². The highest BCUT2D eigenvalue weighted by Crippen LogP contribution is 2.49. The summed E-state index contributed by atoms with van der Waals surface area (Å²) in [5, 5.41) is 15.3. The number of ether oxygens (including phenoxy) is 1. The molecule has 2 saturated heterocycles. The zero-order chi connectivity index (χ0) is 28.8. The maximum absolute atomic E-state index is 12.6. The number of anilines is 1. The van der Waals surface area contributed by atoms with E-state index in [0.717, 1.165) is 48.7 Å². The van der Waals surface area contributed by atoms with Crippen molar-refractivity contribution in [2.45, 2.75) is 90.5 Å². The second-order valence-electron chi connectivity index (χ2n) is 12.4. The molecule has 1 aromatic rings. The van der Waals surface area contributed by atoms with Crippen LogP contribution in [0.1, 0.15) is 87.8 Å². The number of carbonyl (C=O) groups is 1. The van der Waals surface area contributed by atoms with Gasteiger partial charge in [-0.25, -0.2) is 3.89 Å². The van der Waals surface area contributed by atoms with Crippen LogP contribution in [0.3, 0.4) is 0 Å².